The molecule has 25 heavy (non-hydrogen) atoms. The Labute approximate surface area is 145 Å². The lowest BCUT2D eigenvalue weighted by molar-refractivity contribution is -0.0424. The molecule has 134 valence electrons. The van der Waals surface area contributed by atoms with Crippen molar-refractivity contribution in [1.29, 1.82) is 0 Å². The minimum absolute atomic E-state index is 0.129. The molecule has 1 heterocycles. The van der Waals surface area contributed by atoms with Gasteiger partial charge in [0.15, 0.2) is 11.5 Å². The summed E-state index contributed by atoms with van der Waals surface area (Å²) in [5.41, 5.74) is 1.15. The molecule has 3 rings (SSSR count). The predicted molar refractivity (Wildman–Crippen MR) is 90.1 cm³/mol. The molecule has 2 aromatic rings. The van der Waals surface area contributed by atoms with E-state index in [0.29, 0.717) is 22.6 Å². The molecule has 0 fully saturated rings. The summed E-state index contributed by atoms with van der Waals surface area (Å²) >= 11 is 0. The molecule has 2 aromatic carbocycles. The summed E-state index contributed by atoms with van der Waals surface area (Å²) in [4.78, 5) is 0. The highest BCUT2D eigenvalue weighted by atomic mass is 16.7. The number of fused-ring (bicyclic) bond motifs is 1. The molecule has 0 bridgehead atoms. The van der Waals surface area contributed by atoms with Crippen molar-refractivity contribution in [2.45, 2.75) is 12.2 Å². The summed E-state index contributed by atoms with van der Waals surface area (Å²) in [6.07, 6.45) is -2.08. The first-order chi connectivity index (χ1) is 12.2. The van der Waals surface area contributed by atoms with Crippen molar-refractivity contribution in [3.05, 3.63) is 59.7 Å². The van der Waals surface area contributed by atoms with Crippen LogP contribution >= 0.6 is 0 Å². The molecule has 6 nitrogen and oxygen atoms in total. The third-order valence-electron chi connectivity index (χ3n) is 4.66. The fourth-order valence-corrected chi connectivity index (χ4v) is 3.18. The average Bonchev–Trinajstić information content (AvgIpc) is 3.13. The van der Waals surface area contributed by atoms with E-state index in [0.717, 1.165) is 0 Å². The van der Waals surface area contributed by atoms with Crippen molar-refractivity contribution in [2.75, 3.05) is 20.0 Å². The molecule has 4 atom stereocenters. The number of aliphatic hydroxyl groups excluding tert-OH is 4. The summed E-state index contributed by atoms with van der Waals surface area (Å²) in [6.45, 7) is -0.627. The molecular formula is C19H22O6. The van der Waals surface area contributed by atoms with Gasteiger partial charge in [-0.25, -0.2) is 0 Å². The number of rotatable bonds is 7. The van der Waals surface area contributed by atoms with E-state index in [1.54, 1.807) is 42.5 Å². The molecule has 0 aliphatic carbocycles. The van der Waals surface area contributed by atoms with Crippen LogP contribution in [0.25, 0.3) is 0 Å². The number of hydrogen-bond acceptors (Lipinski definition) is 6. The lowest BCUT2D eigenvalue weighted by Crippen LogP contribution is -2.32. The molecule has 1 aliphatic heterocycles. The maximum absolute atomic E-state index is 10.7. The second-order valence-electron chi connectivity index (χ2n) is 6.11. The molecule has 1 aliphatic rings. The van der Waals surface area contributed by atoms with Gasteiger partial charge < -0.3 is 29.9 Å². The molecule has 0 amide bonds. The maximum atomic E-state index is 10.7. The van der Waals surface area contributed by atoms with Crippen LogP contribution in [-0.2, 0) is 0 Å². The summed E-state index contributed by atoms with van der Waals surface area (Å²) in [6, 6.07) is 13.9. The van der Waals surface area contributed by atoms with Gasteiger partial charge in [-0.05, 0) is 23.3 Å². The molecule has 0 saturated heterocycles. The molecule has 6 heteroatoms. The van der Waals surface area contributed by atoms with E-state index < -0.39 is 24.0 Å². The first kappa shape index (κ1) is 17.7. The highest BCUT2D eigenvalue weighted by Crippen LogP contribution is 2.39. The standard InChI is InChI=1S/C19H22O6/c20-9-14(18(22)12-4-2-1-3-5-12)15(10-21)19(23)13-6-7-16-17(8-13)25-11-24-16/h1-8,14-15,18-23H,9-11H2/t14-,15-,18?,19?/m0/s1. The Morgan fingerprint density at radius 3 is 2.00 bits per heavy atom. The van der Waals surface area contributed by atoms with E-state index in [2.05, 4.69) is 0 Å². The highest BCUT2D eigenvalue weighted by Gasteiger charge is 2.34. The first-order valence-electron chi connectivity index (χ1n) is 8.18. The number of benzene rings is 2. The number of aliphatic hydroxyl groups is 4. The monoisotopic (exact) mass is 346 g/mol. The van der Waals surface area contributed by atoms with Gasteiger partial charge in [0.25, 0.3) is 0 Å². The Balaban J connectivity index is 1.84. The van der Waals surface area contributed by atoms with Crippen LogP contribution in [0, 0.1) is 11.8 Å². The Kier molecular flexibility index (Phi) is 5.55. The average molecular weight is 346 g/mol. The van der Waals surface area contributed by atoms with Gasteiger partial charge in [0.2, 0.25) is 6.79 Å². The maximum Gasteiger partial charge on any atom is 0.231 e. The van der Waals surface area contributed by atoms with Crippen LogP contribution in [0.2, 0.25) is 0 Å². The number of ether oxygens (including phenoxy) is 2. The lowest BCUT2D eigenvalue weighted by atomic mass is 9.80. The van der Waals surface area contributed by atoms with E-state index in [1.165, 1.54) is 0 Å². The van der Waals surface area contributed by atoms with Gasteiger partial charge in [-0.15, -0.1) is 0 Å². The Bertz CT molecular complexity index is 690. The minimum Gasteiger partial charge on any atom is -0.454 e. The van der Waals surface area contributed by atoms with E-state index >= 15 is 0 Å². The van der Waals surface area contributed by atoms with Crippen LogP contribution in [-0.4, -0.2) is 40.4 Å². The molecule has 2 unspecified atom stereocenters. The van der Waals surface area contributed by atoms with Crippen molar-refractivity contribution in [3.8, 4) is 11.5 Å². The van der Waals surface area contributed by atoms with Crippen LogP contribution in [0.4, 0.5) is 0 Å². The Morgan fingerprint density at radius 1 is 0.760 bits per heavy atom. The second-order valence-corrected chi connectivity index (χ2v) is 6.11. The molecule has 0 spiro atoms. The zero-order chi connectivity index (χ0) is 17.8. The minimum atomic E-state index is -1.07. The SMILES string of the molecule is OC[C@H](C(O)c1ccccc1)[C@H](CO)C(O)c1ccc2c(c1)OCO2. The largest absolute Gasteiger partial charge is 0.454 e. The third-order valence-corrected chi connectivity index (χ3v) is 4.66. The van der Waals surface area contributed by atoms with Gasteiger partial charge in [-0.1, -0.05) is 36.4 Å². The highest BCUT2D eigenvalue weighted by molar-refractivity contribution is 5.45. The van der Waals surface area contributed by atoms with Gasteiger partial charge in [0.05, 0.1) is 12.2 Å². The zero-order valence-corrected chi connectivity index (χ0v) is 13.7. The molecule has 4 N–H and O–H groups in total. The Morgan fingerprint density at radius 2 is 1.36 bits per heavy atom. The van der Waals surface area contributed by atoms with Crippen molar-refractivity contribution in [2.24, 2.45) is 11.8 Å². The van der Waals surface area contributed by atoms with Crippen LogP contribution in [0.1, 0.15) is 23.3 Å². The van der Waals surface area contributed by atoms with Gasteiger partial charge in [-0.3, -0.25) is 0 Å². The summed E-state index contributed by atoms with van der Waals surface area (Å²) in [7, 11) is 0. The fourth-order valence-electron chi connectivity index (χ4n) is 3.18. The summed E-state index contributed by atoms with van der Waals surface area (Å²) in [5.74, 6) is -0.356. The van der Waals surface area contributed by atoms with Crippen molar-refractivity contribution in [1.82, 2.24) is 0 Å². The van der Waals surface area contributed by atoms with Crippen molar-refractivity contribution >= 4 is 0 Å². The van der Waals surface area contributed by atoms with E-state index in [4.69, 9.17) is 9.47 Å². The van der Waals surface area contributed by atoms with Crippen LogP contribution in [0.15, 0.2) is 48.5 Å². The molecule has 0 radical (unpaired) electrons. The third kappa shape index (κ3) is 3.62. The summed E-state index contributed by atoms with van der Waals surface area (Å²) in [5, 5.41) is 40.9. The van der Waals surface area contributed by atoms with Crippen molar-refractivity contribution in [3.63, 3.8) is 0 Å². The molecule has 0 aromatic heterocycles. The second kappa shape index (κ2) is 7.84. The predicted octanol–water partition coefficient (Wildman–Crippen LogP) is 1.40. The van der Waals surface area contributed by atoms with Crippen molar-refractivity contribution < 1.29 is 29.9 Å². The van der Waals surface area contributed by atoms with E-state index in [-0.39, 0.29) is 20.0 Å². The van der Waals surface area contributed by atoms with E-state index in [1.807, 2.05) is 6.07 Å². The van der Waals surface area contributed by atoms with Gasteiger partial charge in [-0.2, -0.15) is 0 Å². The lowest BCUT2D eigenvalue weighted by Gasteiger charge is -2.32. The van der Waals surface area contributed by atoms with Gasteiger partial charge in [0, 0.05) is 25.0 Å². The van der Waals surface area contributed by atoms with Crippen LogP contribution < -0.4 is 9.47 Å². The van der Waals surface area contributed by atoms with Crippen LogP contribution in [0.3, 0.4) is 0 Å². The number of hydrogen-bond donors (Lipinski definition) is 4. The topological polar surface area (TPSA) is 99.4 Å². The molecule has 0 saturated carbocycles. The smallest absolute Gasteiger partial charge is 0.231 e. The first-order valence-corrected chi connectivity index (χ1v) is 8.18. The summed E-state index contributed by atoms with van der Waals surface area (Å²) < 4.78 is 10.6. The normalized spacial score (nSPS) is 17.8. The van der Waals surface area contributed by atoms with Gasteiger partial charge >= 0.3 is 0 Å². The Hall–Kier alpha value is -2.12. The van der Waals surface area contributed by atoms with Crippen LogP contribution in [0.5, 0.6) is 11.5 Å². The van der Waals surface area contributed by atoms with E-state index in [9.17, 15) is 20.4 Å². The van der Waals surface area contributed by atoms with Gasteiger partial charge in [0.1, 0.15) is 0 Å². The zero-order valence-electron chi connectivity index (χ0n) is 13.7. The fraction of sp³-hybridized carbons (Fsp3) is 0.368. The quantitative estimate of drug-likeness (QED) is 0.605. The molecular weight excluding hydrogens is 324 g/mol.